The summed E-state index contributed by atoms with van der Waals surface area (Å²) in [5.41, 5.74) is 1.25. The van der Waals surface area contributed by atoms with Gasteiger partial charge in [-0.1, -0.05) is 56.8 Å². The zero-order chi connectivity index (χ0) is 14.5. The summed E-state index contributed by atoms with van der Waals surface area (Å²) < 4.78 is 1.00. The van der Waals surface area contributed by atoms with Crippen LogP contribution in [-0.4, -0.2) is 6.54 Å². The second-order valence-corrected chi connectivity index (χ2v) is 7.10. The fourth-order valence-corrected chi connectivity index (χ4v) is 4.07. The van der Waals surface area contributed by atoms with Crippen molar-refractivity contribution in [3.63, 3.8) is 0 Å². The van der Waals surface area contributed by atoms with Crippen LogP contribution in [0, 0.1) is 11.8 Å². The number of nitrogens with one attached hydrogen (secondary N) is 1. The monoisotopic (exact) mass is 357 g/mol. The highest BCUT2D eigenvalue weighted by Crippen LogP contribution is 2.41. The number of halogens is 2. The molecule has 0 spiro atoms. The minimum atomic E-state index is 0.391. The van der Waals surface area contributed by atoms with Gasteiger partial charge in [0.25, 0.3) is 0 Å². The number of rotatable bonds is 5. The molecule has 0 aromatic heterocycles. The predicted octanol–water partition coefficient (Wildman–Crippen LogP) is 5.97. The van der Waals surface area contributed by atoms with Crippen molar-refractivity contribution >= 4 is 27.5 Å². The standard InChI is InChI=1S/C17H25BrClN/c1-3-12-8-10-13(11-9-12)17(20-4-2)14-6-5-7-15(18)16(14)19/h5-7,12-13,17,20H,3-4,8-11H2,1-2H3. The summed E-state index contributed by atoms with van der Waals surface area (Å²) in [6.07, 6.45) is 6.71. The highest BCUT2D eigenvalue weighted by atomic mass is 79.9. The van der Waals surface area contributed by atoms with Gasteiger partial charge in [0.15, 0.2) is 0 Å². The largest absolute Gasteiger partial charge is 0.310 e. The third-order valence-electron chi connectivity index (χ3n) is 4.68. The van der Waals surface area contributed by atoms with Gasteiger partial charge in [-0.25, -0.2) is 0 Å². The zero-order valence-corrected chi connectivity index (χ0v) is 14.8. The number of hydrogen-bond donors (Lipinski definition) is 1. The summed E-state index contributed by atoms with van der Waals surface area (Å²) >= 11 is 10.1. The number of benzene rings is 1. The lowest BCUT2D eigenvalue weighted by atomic mass is 9.76. The lowest BCUT2D eigenvalue weighted by Gasteiger charge is -2.35. The van der Waals surface area contributed by atoms with Crippen LogP contribution in [0.3, 0.4) is 0 Å². The second-order valence-electron chi connectivity index (χ2n) is 5.87. The van der Waals surface area contributed by atoms with Crippen molar-refractivity contribution in [3.05, 3.63) is 33.3 Å². The lowest BCUT2D eigenvalue weighted by molar-refractivity contribution is 0.220. The van der Waals surface area contributed by atoms with Gasteiger partial charge in [-0.05, 0) is 58.8 Å². The van der Waals surface area contributed by atoms with Crippen LogP contribution < -0.4 is 5.32 Å². The van der Waals surface area contributed by atoms with Gasteiger partial charge >= 0.3 is 0 Å². The van der Waals surface area contributed by atoms with Gasteiger partial charge in [0.05, 0.1) is 5.02 Å². The fraction of sp³-hybridized carbons (Fsp3) is 0.647. The summed E-state index contributed by atoms with van der Waals surface area (Å²) in [6.45, 7) is 5.48. The molecule has 1 aliphatic rings. The Morgan fingerprint density at radius 3 is 2.55 bits per heavy atom. The zero-order valence-electron chi connectivity index (χ0n) is 12.5. The van der Waals surface area contributed by atoms with Crippen LogP contribution in [0.15, 0.2) is 22.7 Å². The van der Waals surface area contributed by atoms with E-state index in [-0.39, 0.29) is 0 Å². The number of hydrogen-bond acceptors (Lipinski definition) is 1. The Bertz CT molecular complexity index is 427. The molecule has 1 nitrogen and oxygen atoms in total. The topological polar surface area (TPSA) is 12.0 Å². The van der Waals surface area contributed by atoms with E-state index in [0.717, 1.165) is 22.0 Å². The average molecular weight is 359 g/mol. The molecule has 1 N–H and O–H groups in total. The first kappa shape index (κ1) is 16.3. The van der Waals surface area contributed by atoms with E-state index in [1.807, 2.05) is 6.07 Å². The quantitative estimate of drug-likeness (QED) is 0.683. The molecule has 1 fully saturated rings. The molecule has 1 aromatic carbocycles. The first-order valence-corrected chi connectivity index (χ1v) is 9.01. The van der Waals surface area contributed by atoms with Crippen LogP contribution in [0.4, 0.5) is 0 Å². The normalized spacial score (nSPS) is 24.6. The molecule has 0 amide bonds. The molecule has 0 heterocycles. The van der Waals surface area contributed by atoms with Gasteiger partial charge in [0.1, 0.15) is 0 Å². The van der Waals surface area contributed by atoms with Crippen LogP contribution >= 0.6 is 27.5 Å². The molecule has 1 saturated carbocycles. The van der Waals surface area contributed by atoms with Gasteiger partial charge in [0.2, 0.25) is 0 Å². The maximum atomic E-state index is 6.51. The summed E-state index contributed by atoms with van der Waals surface area (Å²) in [5, 5.41) is 4.54. The van der Waals surface area contributed by atoms with E-state index in [1.165, 1.54) is 37.7 Å². The van der Waals surface area contributed by atoms with Gasteiger partial charge in [-0.2, -0.15) is 0 Å². The maximum absolute atomic E-state index is 6.51. The third kappa shape index (κ3) is 3.78. The Morgan fingerprint density at radius 2 is 1.95 bits per heavy atom. The molecular formula is C17H25BrClN. The first-order chi connectivity index (χ1) is 9.67. The third-order valence-corrected chi connectivity index (χ3v) is 5.99. The van der Waals surface area contributed by atoms with E-state index in [2.05, 4.69) is 47.2 Å². The molecule has 112 valence electrons. The summed E-state index contributed by atoms with van der Waals surface area (Å²) in [5.74, 6) is 1.65. The van der Waals surface area contributed by atoms with Crippen molar-refractivity contribution < 1.29 is 0 Å². The maximum Gasteiger partial charge on any atom is 0.0595 e. The first-order valence-electron chi connectivity index (χ1n) is 7.84. The minimum absolute atomic E-state index is 0.391. The smallest absolute Gasteiger partial charge is 0.0595 e. The molecule has 1 unspecified atom stereocenters. The van der Waals surface area contributed by atoms with Crippen LogP contribution in [0.2, 0.25) is 5.02 Å². The van der Waals surface area contributed by atoms with Gasteiger partial charge in [0, 0.05) is 10.5 Å². The van der Waals surface area contributed by atoms with Crippen molar-refractivity contribution in [2.75, 3.05) is 6.54 Å². The van der Waals surface area contributed by atoms with Gasteiger partial charge in [-0.15, -0.1) is 0 Å². The van der Waals surface area contributed by atoms with E-state index in [4.69, 9.17) is 11.6 Å². The van der Waals surface area contributed by atoms with E-state index in [9.17, 15) is 0 Å². The van der Waals surface area contributed by atoms with Crippen molar-refractivity contribution in [2.24, 2.45) is 11.8 Å². The van der Waals surface area contributed by atoms with Crippen LogP contribution in [0.25, 0.3) is 0 Å². The molecule has 1 aromatic rings. The summed E-state index contributed by atoms with van der Waals surface area (Å²) in [7, 11) is 0. The summed E-state index contributed by atoms with van der Waals surface area (Å²) in [6, 6.07) is 6.67. The molecular weight excluding hydrogens is 334 g/mol. The Kier molecular flexibility index (Phi) is 6.38. The van der Waals surface area contributed by atoms with Crippen molar-refractivity contribution in [2.45, 2.75) is 52.0 Å². The van der Waals surface area contributed by atoms with Crippen molar-refractivity contribution in [1.29, 1.82) is 0 Å². The summed E-state index contributed by atoms with van der Waals surface area (Å²) in [4.78, 5) is 0. The highest BCUT2D eigenvalue weighted by Gasteiger charge is 2.29. The molecule has 1 atom stereocenters. The van der Waals surface area contributed by atoms with Crippen LogP contribution in [0.1, 0.15) is 57.6 Å². The average Bonchev–Trinajstić information content (AvgIpc) is 2.48. The molecule has 3 heteroatoms. The van der Waals surface area contributed by atoms with E-state index < -0.39 is 0 Å². The molecule has 0 saturated heterocycles. The molecule has 1 aliphatic carbocycles. The second kappa shape index (κ2) is 7.82. The van der Waals surface area contributed by atoms with Crippen LogP contribution in [-0.2, 0) is 0 Å². The molecule has 0 bridgehead atoms. The fourth-order valence-electron chi connectivity index (χ4n) is 3.44. The highest BCUT2D eigenvalue weighted by molar-refractivity contribution is 9.10. The van der Waals surface area contributed by atoms with E-state index >= 15 is 0 Å². The molecule has 0 aliphatic heterocycles. The van der Waals surface area contributed by atoms with Crippen molar-refractivity contribution in [3.8, 4) is 0 Å². The Hall–Kier alpha value is -0.0500. The Morgan fingerprint density at radius 1 is 1.25 bits per heavy atom. The van der Waals surface area contributed by atoms with E-state index in [1.54, 1.807) is 0 Å². The van der Waals surface area contributed by atoms with Gasteiger partial charge < -0.3 is 5.32 Å². The van der Waals surface area contributed by atoms with Gasteiger partial charge in [-0.3, -0.25) is 0 Å². The van der Waals surface area contributed by atoms with E-state index in [0.29, 0.717) is 12.0 Å². The lowest BCUT2D eigenvalue weighted by Crippen LogP contribution is -2.31. The van der Waals surface area contributed by atoms with Crippen LogP contribution in [0.5, 0.6) is 0 Å². The molecule has 2 rings (SSSR count). The Labute approximate surface area is 136 Å². The minimum Gasteiger partial charge on any atom is -0.310 e. The predicted molar refractivity (Wildman–Crippen MR) is 91.3 cm³/mol. The molecule has 0 radical (unpaired) electrons. The van der Waals surface area contributed by atoms with Crippen molar-refractivity contribution in [1.82, 2.24) is 5.32 Å². The molecule has 20 heavy (non-hydrogen) atoms. The SMILES string of the molecule is CCNC(c1cccc(Br)c1Cl)C1CCC(CC)CC1. The Balaban J connectivity index is 2.17.